The third-order valence-electron chi connectivity index (χ3n) is 3.28. The number of carbonyl (C=O) groups excluding carboxylic acids is 1. The maximum absolute atomic E-state index is 12.4. The van der Waals surface area contributed by atoms with E-state index >= 15 is 0 Å². The summed E-state index contributed by atoms with van der Waals surface area (Å²) in [6.45, 7) is 4.11. The summed E-state index contributed by atoms with van der Waals surface area (Å²) in [5.41, 5.74) is 0.619. The number of amides is 1. The molecule has 5 heteroatoms. The number of nitrogens with zero attached hydrogens (tertiary/aromatic N) is 1. The van der Waals surface area contributed by atoms with Gasteiger partial charge in [0.25, 0.3) is 5.91 Å². The fourth-order valence-corrected chi connectivity index (χ4v) is 2.63. The highest BCUT2D eigenvalue weighted by Crippen LogP contribution is 2.24. The van der Waals surface area contributed by atoms with Gasteiger partial charge in [0.15, 0.2) is 0 Å². The van der Waals surface area contributed by atoms with E-state index in [1.165, 1.54) is 0 Å². The molecule has 0 N–H and O–H groups in total. The van der Waals surface area contributed by atoms with E-state index in [1.807, 2.05) is 11.8 Å². The number of halogens is 2. The summed E-state index contributed by atoms with van der Waals surface area (Å²) in [5, 5.41) is 0.555. The Labute approximate surface area is 127 Å². The number of carbonyl (C=O) groups is 1. The highest BCUT2D eigenvalue weighted by atomic mass is 79.9. The quantitative estimate of drug-likeness (QED) is 0.831. The van der Waals surface area contributed by atoms with E-state index in [1.54, 1.807) is 18.2 Å². The molecule has 1 atom stereocenters. The van der Waals surface area contributed by atoms with Gasteiger partial charge in [-0.2, -0.15) is 0 Å². The third kappa shape index (κ3) is 3.71. The van der Waals surface area contributed by atoms with E-state index in [4.69, 9.17) is 16.3 Å². The Morgan fingerprint density at radius 3 is 2.95 bits per heavy atom. The summed E-state index contributed by atoms with van der Waals surface area (Å²) >= 11 is 9.36. The van der Waals surface area contributed by atoms with Crippen molar-refractivity contribution in [2.45, 2.75) is 25.9 Å². The lowest BCUT2D eigenvalue weighted by Gasteiger charge is -2.24. The Morgan fingerprint density at radius 1 is 1.58 bits per heavy atom. The SMILES string of the molecule is CCN(CC1CCCO1)C(=O)c1ccc(Br)c(Cl)c1. The summed E-state index contributed by atoms with van der Waals surface area (Å²) in [7, 11) is 0. The molecule has 1 aliphatic heterocycles. The van der Waals surface area contributed by atoms with Crippen molar-refractivity contribution in [3.8, 4) is 0 Å². The molecular formula is C14H17BrClNO2. The number of rotatable bonds is 4. The zero-order valence-corrected chi connectivity index (χ0v) is 13.2. The molecule has 0 bridgehead atoms. The van der Waals surface area contributed by atoms with Crippen molar-refractivity contribution in [3.05, 3.63) is 33.3 Å². The van der Waals surface area contributed by atoms with E-state index in [2.05, 4.69) is 15.9 Å². The van der Waals surface area contributed by atoms with Gasteiger partial charge in [-0.15, -0.1) is 0 Å². The van der Waals surface area contributed by atoms with E-state index in [9.17, 15) is 4.79 Å². The predicted octanol–water partition coefficient (Wildman–Crippen LogP) is 3.74. The second kappa shape index (κ2) is 6.73. The third-order valence-corrected chi connectivity index (χ3v) is 4.52. The van der Waals surface area contributed by atoms with Gasteiger partial charge < -0.3 is 9.64 Å². The Balaban J connectivity index is 2.08. The number of likely N-dealkylation sites (N-methyl/N-ethyl adjacent to an activating group) is 1. The van der Waals surface area contributed by atoms with Crippen LogP contribution in [0.5, 0.6) is 0 Å². The lowest BCUT2D eigenvalue weighted by Crippen LogP contribution is -2.37. The van der Waals surface area contributed by atoms with Gasteiger partial charge in [0.2, 0.25) is 0 Å². The molecule has 1 heterocycles. The lowest BCUT2D eigenvalue weighted by molar-refractivity contribution is 0.0539. The van der Waals surface area contributed by atoms with Gasteiger partial charge in [-0.05, 0) is 53.9 Å². The molecule has 19 heavy (non-hydrogen) atoms. The van der Waals surface area contributed by atoms with Crippen LogP contribution in [0, 0.1) is 0 Å². The van der Waals surface area contributed by atoms with Crippen molar-refractivity contribution >= 4 is 33.4 Å². The molecule has 3 nitrogen and oxygen atoms in total. The molecule has 1 fully saturated rings. The number of hydrogen-bond acceptors (Lipinski definition) is 2. The van der Waals surface area contributed by atoms with E-state index in [-0.39, 0.29) is 12.0 Å². The minimum absolute atomic E-state index is 0.00685. The molecule has 1 aromatic rings. The van der Waals surface area contributed by atoms with Crippen LogP contribution < -0.4 is 0 Å². The second-order valence-electron chi connectivity index (χ2n) is 4.61. The van der Waals surface area contributed by atoms with Crippen molar-refractivity contribution in [2.75, 3.05) is 19.7 Å². The summed E-state index contributed by atoms with van der Waals surface area (Å²) in [6.07, 6.45) is 2.29. The van der Waals surface area contributed by atoms with Crippen LogP contribution in [-0.4, -0.2) is 36.6 Å². The molecule has 0 radical (unpaired) electrons. The monoisotopic (exact) mass is 345 g/mol. The molecule has 1 aliphatic rings. The highest BCUT2D eigenvalue weighted by molar-refractivity contribution is 9.10. The number of hydrogen-bond donors (Lipinski definition) is 0. The normalized spacial score (nSPS) is 18.6. The predicted molar refractivity (Wildman–Crippen MR) is 79.7 cm³/mol. The molecule has 0 spiro atoms. The number of ether oxygens (including phenoxy) is 1. The molecule has 2 rings (SSSR count). The van der Waals surface area contributed by atoms with Crippen LogP contribution >= 0.6 is 27.5 Å². The van der Waals surface area contributed by atoms with Crippen LogP contribution in [0.15, 0.2) is 22.7 Å². The van der Waals surface area contributed by atoms with Crippen LogP contribution in [0.4, 0.5) is 0 Å². The van der Waals surface area contributed by atoms with Crippen molar-refractivity contribution in [2.24, 2.45) is 0 Å². The lowest BCUT2D eigenvalue weighted by atomic mass is 10.1. The maximum Gasteiger partial charge on any atom is 0.253 e. The first kappa shape index (κ1) is 14.8. The summed E-state index contributed by atoms with van der Waals surface area (Å²) in [4.78, 5) is 14.2. The standard InChI is InChI=1S/C14H17BrClNO2/c1-2-17(9-11-4-3-7-19-11)14(18)10-5-6-12(15)13(16)8-10/h5-6,8,11H,2-4,7,9H2,1H3. The summed E-state index contributed by atoms with van der Waals surface area (Å²) in [5.74, 6) is 0.00685. The van der Waals surface area contributed by atoms with Crippen LogP contribution in [-0.2, 0) is 4.74 Å². The topological polar surface area (TPSA) is 29.5 Å². The van der Waals surface area contributed by atoms with Gasteiger partial charge in [0.05, 0.1) is 11.1 Å². The van der Waals surface area contributed by atoms with Gasteiger partial charge in [0.1, 0.15) is 0 Å². The average Bonchev–Trinajstić information content (AvgIpc) is 2.91. The number of benzene rings is 1. The Bertz CT molecular complexity index is 461. The highest BCUT2D eigenvalue weighted by Gasteiger charge is 2.22. The first-order valence-corrected chi connectivity index (χ1v) is 7.65. The molecule has 0 aliphatic carbocycles. The summed E-state index contributed by atoms with van der Waals surface area (Å²) in [6, 6.07) is 5.29. The van der Waals surface area contributed by atoms with Crippen molar-refractivity contribution in [1.82, 2.24) is 4.90 Å². The molecule has 1 saturated heterocycles. The zero-order valence-electron chi connectivity index (χ0n) is 10.9. The molecule has 1 amide bonds. The van der Waals surface area contributed by atoms with Crippen molar-refractivity contribution in [1.29, 1.82) is 0 Å². The van der Waals surface area contributed by atoms with Crippen molar-refractivity contribution < 1.29 is 9.53 Å². The average molecular weight is 347 g/mol. The van der Waals surface area contributed by atoms with Crippen LogP contribution in [0.25, 0.3) is 0 Å². The minimum atomic E-state index is 0.00685. The van der Waals surface area contributed by atoms with Gasteiger partial charge in [-0.1, -0.05) is 11.6 Å². The Kier molecular flexibility index (Phi) is 5.25. The zero-order chi connectivity index (χ0) is 13.8. The molecule has 104 valence electrons. The fourth-order valence-electron chi connectivity index (χ4n) is 2.20. The largest absolute Gasteiger partial charge is 0.376 e. The Hall–Kier alpha value is -0.580. The first-order valence-electron chi connectivity index (χ1n) is 6.47. The molecule has 0 saturated carbocycles. The Morgan fingerprint density at radius 2 is 2.37 bits per heavy atom. The fraction of sp³-hybridized carbons (Fsp3) is 0.500. The first-order chi connectivity index (χ1) is 9.11. The van der Waals surface area contributed by atoms with Gasteiger partial charge in [-0.25, -0.2) is 0 Å². The van der Waals surface area contributed by atoms with Gasteiger partial charge in [-0.3, -0.25) is 4.79 Å². The van der Waals surface area contributed by atoms with Crippen LogP contribution in [0.3, 0.4) is 0 Å². The second-order valence-corrected chi connectivity index (χ2v) is 5.87. The van der Waals surface area contributed by atoms with Gasteiger partial charge in [0, 0.05) is 29.7 Å². The molecule has 0 aromatic heterocycles. The maximum atomic E-state index is 12.4. The van der Waals surface area contributed by atoms with E-state index in [0.717, 1.165) is 23.9 Å². The van der Waals surface area contributed by atoms with Crippen LogP contribution in [0.2, 0.25) is 5.02 Å². The van der Waals surface area contributed by atoms with Gasteiger partial charge >= 0.3 is 0 Å². The van der Waals surface area contributed by atoms with Crippen molar-refractivity contribution in [3.63, 3.8) is 0 Å². The van der Waals surface area contributed by atoms with E-state index in [0.29, 0.717) is 23.7 Å². The smallest absolute Gasteiger partial charge is 0.253 e. The van der Waals surface area contributed by atoms with E-state index < -0.39 is 0 Å². The van der Waals surface area contributed by atoms with Crippen LogP contribution in [0.1, 0.15) is 30.1 Å². The minimum Gasteiger partial charge on any atom is -0.376 e. The molecule has 1 aromatic carbocycles. The molecule has 1 unspecified atom stereocenters. The summed E-state index contributed by atoms with van der Waals surface area (Å²) < 4.78 is 6.39. The molecular weight excluding hydrogens is 330 g/mol.